The molecule has 1 amide bonds. The Morgan fingerprint density at radius 1 is 1.55 bits per heavy atom. The van der Waals surface area contributed by atoms with Gasteiger partial charge in [-0.15, -0.1) is 0 Å². The zero-order valence-electron chi connectivity index (χ0n) is 7.23. The molecule has 11 heavy (non-hydrogen) atoms. The molecule has 0 bridgehead atoms. The van der Waals surface area contributed by atoms with Crippen molar-refractivity contribution >= 4 is 5.91 Å². The van der Waals surface area contributed by atoms with E-state index in [1.165, 1.54) is 19.3 Å². The van der Waals surface area contributed by atoms with Crippen molar-refractivity contribution in [1.82, 2.24) is 5.32 Å². The number of hydrogen-bond acceptors (Lipinski definition) is 1. The molecule has 1 N–H and O–H groups in total. The van der Waals surface area contributed by atoms with E-state index < -0.39 is 0 Å². The zero-order valence-corrected chi connectivity index (χ0v) is 7.23. The highest BCUT2D eigenvalue weighted by molar-refractivity contribution is 5.76. The van der Waals surface area contributed by atoms with Gasteiger partial charge in [-0.1, -0.05) is 13.3 Å². The number of nitrogens with one attached hydrogen (secondary N) is 1. The lowest BCUT2D eigenvalue weighted by atomic mass is 9.83. The normalized spacial score (nSPS) is 17.5. The van der Waals surface area contributed by atoms with Crippen LogP contribution in [0.1, 0.15) is 39.0 Å². The minimum atomic E-state index is 0.247. The van der Waals surface area contributed by atoms with Crippen molar-refractivity contribution in [2.24, 2.45) is 5.92 Å². The van der Waals surface area contributed by atoms with Crippen molar-refractivity contribution in [1.29, 1.82) is 0 Å². The van der Waals surface area contributed by atoms with E-state index in [9.17, 15) is 4.79 Å². The topological polar surface area (TPSA) is 29.1 Å². The molecule has 2 nitrogen and oxygen atoms in total. The van der Waals surface area contributed by atoms with Gasteiger partial charge in [0.15, 0.2) is 0 Å². The van der Waals surface area contributed by atoms with E-state index in [1.54, 1.807) is 0 Å². The van der Waals surface area contributed by atoms with Crippen LogP contribution in [0.4, 0.5) is 0 Å². The lowest BCUT2D eigenvalue weighted by Gasteiger charge is -2.24. The molecule has 0 saturated heterocycles. The summed E-state index contributed by atoms with van der Waals surface area (Å²) in [5.74, 6) is 0.948. The number of carbonyl (C=O) groups is 1. The van der Waals surface area contributed by atoms with Gasteiger partial charge in [-0.3, -0.25) is 4.79 Å². The predicted molar refractivity (Wildman–Crippen MR) is 45.3 cm³/mol. The maximum Gasteiger partial charge on any atom is 0.220 e. The molecule has 64 valence electrons. The molecular formula is C9H17NO. The Morgan fingerprint density at radius 2 is 2.27 bits per heavy atom. The first kappa shape index (κ1) is 8.57. The third-order valence-electron chi connectivity index (χ3n) is 2.27. The van der Waals surface area contributed by atoms with Crippen LogP contribution in [0.3, 0.4) is 0 Å². The number of rotatable bonds is 4. The lowest BCUT2D eigenvalue weighted by Crippen LogP contribution is -2.28. The molecule has 2 heteroatoms. The molecule has 0 atom stereocenters. The van der Waals surface area contributed by atoms with Crippen LogP contribution < -0.4 is 5.32 Å². The van der Waals surface area contributed by atoms with Crippen molar-refractivity contribution in [3.63, 3.8) is 0 Å². The molecule has 0 aromatic heterocycles. The summed E-state index contributed by atoms with van der Waals surface area (Å²) in [5, 5.41) is 2.89. The summed E-state index contributed by atoms with van der Waals surface area (Å²) >= 11 is 0. The summed E-state index contributed by atoms with van der Waals surface area (Å²) in [4.78, 5) is 11.1. The van der Waals surface area contributed by atoms with Gasteiger partial charge in [-0.25, -0.2) is 0 Å². The van der Waals surface area contributed by atoms with E-state index in [0.29, 0.717) is 5.92 Å². The third-order valence-corrected chi connectivity index (χ3v) is 2.27. The molecule has 0 heterocycles. The highest BCUT2D eigenvalue weighted by Gasteiger charge is 2.19. The van der Waals surface area contributed by atoms with Crippen molar-refractivity contribution in [3.05, 3.63) is 0 Å². The van der Waals surface area contributed by atoms with Crippen LogP contribution in [-0.4, -0.2) is 12.5 Å². The first-order valence-corrected chi connectivity index (χ1v) is 4.59. The average molecular weight is 155 g/mol. The summed E-state index contributed by atoms with van der Waals surface area (Å²) in [6.07, 6.45) is 5.65. The van der Waals surface area contributed by atoms with Gasteiger partial charge in [0.2, 0.25) is 5.91 Å². The fraction of sp³-hybridized carbons (Fsp3) is 0.889. The Labute approximate surface area is 68.4 Å². The monoisotopic (exact) mass is 155 g/mol. The Morgan fingerprint density at radius 3 is 2.73 bits per heavy atom. The maximum absolute atomic E-state index is 11.1. The fourth-order valence-electron chi connectivity index (χ4n) is 1.30. The Balaban J connectivity index is 2.00. The van der Waals surface area contributed by atoms with E-state index >= 15 is 0 Å². The van der Waals surface area contributed by atoms with Gasteiger partial charge in [0, 0.05) is 13.0 Å². The summed E-state index contributed by atoms with van der Waals surface area (Å²) in [7, 11) is 0. The van der Waals surface area contributed by atoms with Crippen molar-refractivity contribution < 1.29 is 4.79 Å². The minimum absolute atomic E-state index is 0.247. The van der Waals surface area contributed by atoms with Crippen molar-refractivity contribution in [2.75, 3.05) is 6.54 Å². The molecule has 0 aromatic carbocycles. The predicted octanol–water partition coefficient (Wildman–Crippen LogP) is 1.70. The molecule has 0 radical (unpaired) electrons. The Kier molecular flexibility index (Phi) is 3.40. The highest BCUT2D eigenvalue weighted by atomic mass is 16.1. The average Bonchev–Trinajstić information content (AvgIpc) is 1.93. The summed E-state index contributed by atoms with van der Waals surface area (Å²) in [6, 6.07) is 0. The van der Waals surface area contributed by atoms with Crippen LogP contribution in [-0.2, 0) is 4.79 Å². The number of amides is 1. The van der Waals surface area contributed by atoms with Gasteiger partial charge in [-0.05, 0) is 25.2 Å². The van der Waals surface area contributed by atoms with E-state index in [-0.39, 0.29) is 5.91 Å². The number of carbonyl (C=O) groups excluding carboxylic acids is 1. The standard InChI is InChI=1S/C9H17NO/c1-2-6-10-9(11)7-8-4-3-5-8/h8H,2-7H2,1H3,(H,10,11). The van der Waals surface area contributed by atoms with E-state index in [0.717, 1.165) is 19.4 Å². The molecular weight excluding hydrogens is 138 g/mol. The van der Waals surface area contributed by atoms with Crippen LogP contribution in [0.2, 0.25) is 0 Å². The van der Waals surface area contributed by atoms with Gasteiger partial charge in [0.25, 0.3) is 0 Å². The van der Waals surface area contributed by atoms with E-state index in [4.69, 9.17) is 0 Å². The molecule has 1 fully saturated rings. The molecule has 0 aromatic rings. The van der Waals surface area contributed by atoms with Crippen LogP contribution in [0.25, 0.3) is 0 Å². The minimum Gasteiger partial charge on any atom is -0.356 e. The summed E-state index contributed by atoms with van der Waals surface area (Å²) in [5.41, 5.74) is 0. The van der Waals surface area contributed by atoms with Crippen LogP contribution in [0, 0.1) is 5.92 Å². The second-order valence-corrected chi connectivity index (χ2v) is 3.35. The lowest BCUT2D eigenvalue weighted by molar-refractivity contribution is -0.122. The van der Waals surface area contributed by atoms with Crippen molar-refractivity contribution in [3.8, 4) is 0 Å². The largest absolute Gasteiger partial charge is 0.356 e. The van der Waals surface area contributed by atoms with E-state index in [2.05, 4.69) is 12.2 Å². The molecule has 1 saturated carbocycles. The van der Waals surface area contributed by atoms with Gasteiger partial charge >= 0.3 is 0 Å². The van der Waals surface area contributed by atoms with Crippen LogP contribution in [0.5, 0.6) is 0 Å². The van der Waals surface area contributed by atoms with Gasteiger partial charge in [-0.2, -0.15) is 0 Å². The second kappa shape index (κ2) is 4.37. The highest BCUT2D eigenvalue weighted by Crippen LogP contribution is 2.28. The molecule has 1 aliphatic rings. The Bertz CT molecular complexity index is 130. The third kappa shape index (κ3) is 2.91. The van der Waals surface area contributed by atoms with Gasteiger partial charge in [0.05, 0.1) is 0 Å². The summed E-state index contributed by atoms with van der Waals surface area (Å²) in [6.45, 7) is 2.91. The molecule has 0 spiro atoms. The fourth-order valence-corrected chi connectivity index (χ4v) is 1.30. The quantitative estimate of drug-likeness (QED) is 0.657. The van der Waals surface area contributed by atoms with Crippen LogP contribution in [0.15, 0.2) is 0 Å². The number of hydrogen-bond donors (Lipinski definition) is 1. The second-order valence-electron chi connectivity index (χ2n) is 3.35. The SMILES string of the molecule is CCCNC(=O)CC1CCC1. The molecule has 1 rings (SSSR count). The van der Waals surface area contributed by atoms with Gasteiger partial charge in [0.1, 0.15) is 0 Å². The first-order chi connectivity index (χ1) is 5.33. The smallest absolute Gasteiger partial charge is 0.220 e. The molecule has 0 aliphatic heterocycles. The summed E-state index contributed by atoms with van der Waals surface area (Å²) < 4.78 is 0. The zero-order chi connectivity index (χ0) is 8.10. The molecule has 0 unspecified atom stereocenters. The Hall–Kier alpha value is -0.530. The maximum atomic E-state index is 11.1. The van der Waals surface area contributed by atoms with E-state index in [1.807, 2.05) is 0 Å². The van der Waals surface area contributed by atoms with Gasteiger partial charge < -0.3 is 5.32 Å². The molecule has 1 aliphatic carbocycles. The van der Waals surface area contributed by atoms with Crippen molar-refractivity contribution in [2.45, 2.75) is 39.0 Å². The first-order valence-electron chi connectivity index (χ1n) is 4.59. The van der Waals surface area contributed by atoms with Crippen LogP contribution >= 0.6 is 0 Å².